The molecule has 0 bridgehead atoms. The molecule has 2 amide bonds. The Bertz CT molecular complexity index is 698. The maximum atomic E-state index is 12.6. The molecule has 6 nitrogen and oxygen atoms in total. The van der Waals surface area contributed by atoms with Crippen molar-refractivity contribution >= 4 is 6.03 Å². The predicted octanol–water partition coefficient (Wildman–Crippen LogP) is 2.67. The average Bonchev–Trinajstić information content (AvgIpc) is 3.16. The van der Waals surface area contributed by atoms with Gasteiger partial charge in [-0.1, -0.05) is 12.1 Å². The van der Waals surface area contributed by atoms with Gasteiger partial charge in [0.1, 0.15) is 0 Å². The van der Waals surface area contributed by atoms with Crippen LogP contribution < -0.4 is 5.32 Å². The minimum Gasteiger partial charge on any atom is -0.331 e. The fourth-order valence-electron chi connectivity index (χ4n) is 3.28. The smallest absolute Gasteiger partial charge is 0.317 e. The second-order valence-electron chi connectivity index (χ2n) is 6.92. The number of nitrogens with zero attached hydrogens (tertiary/aromatic N) is 4. The zero-order valence-electron chi connectivity index (χ0n) is 15.2. The summed E-state index contributed by atoms with van der Waals surface area (Å²) in [6.45, 7) is 3.64. The molecule has 0 aliphatic carbocycles. The van der Waals surface area contributed by atoms with E-state index in [1.54, 1.807) is 6.20 Å². The van der Waals surface area contributed by atoms with Crippen LogP contribution in [-0.4, -0.2) is 58.8 Å². The first-order valence-electron chi connectivity index (χ1n) is 8.86. The third-order valence-corrected chi connectivity index (χ3v) is 4.89. The van der Waals surface area contributed by atoms with E-state index >= 15 is 0 Å². The molecule has 1 N–H and O–H groups in total. The van der Waals surface area contributed by atoms with Gasteiger partial charge in [0.15, 0.2) is 0 Å². The normalized spacial score (nSPS) is 19.0. The predicted molar refractivity (Wildman–Crippen MR) is 98.8 cm³/mol. The van der Waals surface area contributed by atoms with Crippen LogP contribution in [-0.2, 0) is 0 Å². The van der Waals surface area contributed by atoms with Crippen molar-refractivity contribution < 1.29 is 4.79 Å². The summed E-state index contributed by atoms with van der Waals surface area (Å²) in [7, 11) is 4.16. The molecular formula is C19H27N5O. The van der Waals surface area contributed by atoms with Crippen LogP contribution >= 0.6 is 0 Å². The third-order valence-electron chi connectivity index (χ3n) is 4.89. The van der Waals surface area contributed by atoms with Crippen molar-refractivity contribution in [3.05, 3.63) is 48.3 Å². The van der Waals surface area contributed by atoms with E-state index in [4.69, 9.17) is 0 Å². The summed E-state index contributed by atoms with van der Waals surface area (Å²) >= 11 is 0. The van der Waals surface area contributed by atoms with Gasteiger partial charge in [-0.2, -0.15) is 5.10 Å². The third kappa shape index (κ3) is 4.20. The topological polar surface area (TPSA) is 53.4 Å². The lowest BCUT2D eigenvalue weighted by atomic mass is 10.0. The van der Waals surface area contributed by atoms with Crippen molar-refractivity contribution in [3.63, 3.8) is 0 Å². The number of likely N-dealkylation sites (N-methyl/N-ethyl adjacent to an activating group) is 1. The first-order valence-corrected chi connectivity index (χ1v) is 8.86. The Morgan fingerprint density at radius 3 is 2.92 bits per heavy atom. The van der Waals surface area contributed by atoms with Gasteiger partial charge < -0.3 is 15.1 Å². The summed E-state index contributed by atoms with van der Waals surface area (Å²) in [6.07, 6.45) is 5.88. The van der Waals surface area contributed by atoms with Crippen LogP contribution in [0, 0.1) is 0 Å². The number of piperidine rings is 1. The number of carbonyl (C=O) groups excluding carboxylic acids is 1. The van der Waals surface area contributed by atoms with Gasteiger partial charge in [0.2, 0.25) is 0 Å². The van der Waals surface area contributed by atoms with Gasteiger partial charge in [-0.25, -0.2) is 9.48 Å². The highest BCUT2D eigenvalue weighted by molar-refractivity contribution is 5.75. The molecule has 1 aliphatic rings. The highest BCUT2D eigenvalue weighted by atomic mass is 16.2. The van der Waals surface area contributed by atoms with E-state index in [2.05, 4.69) is 35.5 Å². The lowest BCUT2D eigenvalue weighted by Crippen LogP contribution is -2.51. The molecule has 2 atom stereocenters. The van der Waals surface area contributed by atoms with E-state index in [9.17, 15) is 4.79 Å². The van der Waals surface area contributed by atoms with E-state index in [1.807, 2.05) is 47.0 Å². The van der Waals surface area contributed by atoms with Gasteiger partial charge in [-0.15, -0.1) is 0 Å². The van der Waals surface area contributed by atoms with Crippen LogP contribution in [0.5, 0.6) is 0 Å². The number of likely N-dealkylation sites (tertiary alicyclic amines) is 1. The van der Waals surface area contributed by atoms with Crippen LogP contribution in [0.25, 0.3) is 5.69 Å². The van der Waals surface area contributed by atoms with Gasteiger partial charge in [-0.3, -0.25) is 0 Å². The molecule has 1 fully saturated rings. The number of benzene rings is 1. The number of urea groups is 1. The highest BCUT2D eigenvalue weighted by Gasteiger charge is 2.25. The molecule has 0 saturated carbocycles. The van der Waals surface area contributed by atoms with Crippen LogP contribution in [0.1, 0.15) is 31.4 Å². The molecule has 6 heteroatoms. The summed E-state index contributed by atoms with van der Waals surface area (Å²) in [6, 6.07) is 10.4. The van der Waals surface area contributed by atoms with E-state index in [-0.39, 0.29) is 12.1 Å². The van der Waals surface area contributed by atoms with E-state index in [1.165, 1.54) is 0 Å². The van der Waals surface area contributed by atoms with Crippen LogP contribution in [0.2, 0.25) is 0 Å². The second-order valence-corrected chi connectivity index (χ2v) is 6.92. The van der Waals surface area contributed by atoms with E-state index in [0.717, 1.165) is 37.2 Å². The maximum absolute atomic E-state index is 12.6. The van der Waals surface area contributed by atoms with Gasteiger partial charge in [0, 0.05) is 31.5 Å². The summed E-state index contributed by atoms with van der Waals surface area (Å²) < 4.78 is 1.82. The first-order chi connectivity index (χ1) is 12.0. The molecule has 2 aromatic rings. The quantitative estimate of drug-likeness (QED) is 0.930. The Morgan fingerprint density at radius 1 is 1.36 bits per heavy atom. The van der Waals surface area contributed by atoms with Crippen molar-refractivity contribution in [1.29, 1.82) is 0 Å². The van der Waals surface area contributed by atoms with Gasteiger partial charge in [0.25, 0.3) is 0 Å². The molecule has 134 valence electrons. The number of aromatic nitrogens is 2. The van der Waals surface area contributed by atoms with Crippen LogP contribution in [0.3, 0.4) is 0 Å². The van der Waals surface area contributed by atoms with Gasteiger partial charge in [0.05, 0.1) is 11.7 Å². The fourth-order valence-corrected chi connectivity index (χ4v) is 3.28. The minimum atomic E-state index is -0.0530. The molecule has 0 radical (unpaired) electrons. The van der Waals surface area contributed by atoms with Crippen LogP contribution in [0.15, 0.2) is 42.7 Å². The molecule has 25 heavy (non-hydrogen) atoms. The summed E-state index contributed by atoms with van der Waals surface area (Å²) in [5.74, 6) is 0. The van der Waals surface area contributed by atoms with Gasteiger partial charge >= 0.3 is 6.03 Å². The van der Waals surface area contributed by atoms with Crippen LogP contribution in [0.4, 0.5) is 4.79 Å². The molecule has 2 heterocycles. The SMILES string of the molecule is CC(NC(=O)N1CCCC(N(C)C)C1)c1cccc(-n2cccn2)c1. The Labute approximate surface area is 149 Å². The standard InChI is InChI=1S/C19H27N5O/c1-15(16-7-4-8-17(13-16)24-12-6-10-20-24)21-19(25)23-11-5-9-18(14-23)22(2)3/h4,6-8,10,12-13,15,18H,5,9,11,14H2,1-3H3,(H,21,25). The Morgan fingerprint density at radius 2 is 2.20 bits per heavy atom. The highest BCUT2D eigenvalue weighted by Crippen LogP contribution is 2.18. The summed E-state index contributed by atoms with van der Waals surface area (Å²) in [5.41, 5.74) is 2.07. The van der Waals surface area contributed by atoms with Crippen molar-refractivity contribution in [3.8, 4) is 5.69 Å². The largest absolute Gasteiger partial charge is 0.331 e. The number of hydrogen-bond donors (Lipinski definition) is 1. The molecule has 1 aliphatic heterocycles. The van der Waals surface area contributed by atoms with E-state index in [0.29, 0.717) is 6.04 Å². The first kappa shape index (κ1) is 17.5. The molecule has 1 aromatic carbocycles. The van der Waals surface area contributed by atoms with E-state index < -0.39 is 0 Å². The summed E-state index contributed by atoms with van der Waals surface area (Å²) in [5, 5.41) is 7.40. The van der Waals surface area contributed by atoms with Crippen molar-refractivity contribution in [2.75, 3.05) is 27.2 Å². The zero-order chi connectivity index (χ0) is 17.8. The Kier molecular flexibility index (Phi) is 5.38. The van der Waals surface area contributed by atoms with Crippen molar-refractivity contribution in [1.82, 2.24) is 24.9 Å². The number of rotatable bonds is 4. The lowest BCUT2D eigenvalue weighted by Gasteiger charge is -2.36. The molecule has 1 saturated heterocycles. The second kappa shape index (κ2) is 7.70. The average molecular weight is 341 g/mol. The summed E-state index contributed by atoms with van der Waals surface area (Å²) in [4.78, 5) is 16.8. The van der Waals surface area contributed by atoms with Crippen molar-refractivity contribution in [2.45, 2.75) is 31.8 Å². The van der Waals surface area contributed by atoms with Crippen molar-refractivity contribution in [2.24, 2.45) is 0 Å². The monoisotopic (exact) mass is 341 g/mol. The minimum absolute atomic E-state index is 0.0172. The fraction of sp³-hybridized carbons (Fsp3) is 0.474. The van der Waals surface area contributed by atoms with Gasteiger partial charge in [-0.05, 0) is 57.6 Å². The number of carbonyl (C=O) groups is 1. The molecular weight excluding hydrogens is 314 g/mol. The maximum Gasteiger partial charge on any atom is 0.317 e. The molecule has 2 unspecified atom stereocenters. The molecule has 1 aromatic heterocycles. The number of nitrogens with one attached hydrogen (secondary N) is 1. The Hall–Kier alpha value is -2.34. The molecule has 3 rings (SSSR count). The number of hydrogen-bond acceptors (Lipinski definition) is 3. The molecule has 0 spiro atoms. The zero-order valence-corrected chi connectivity index (χ0v) is 15.2. The number of amides is 2. The Balaban J connectivity index is 1.64. The lowest BCUT2D eigenvalue weighted by molar-refractivity contribution is 0.138.